The van der Waals surface area contributed by atoms with Crippen molar-refractivity contribution in [3.63, 3.8) is 0 Å². The van der Waals surface area contributed by atoms with Gasteiger partial charge in [-0.05, 0) is 50.0 Å². The van der Waals surface area contributed by atoms with Gasteiger partial charge in [0, 0.05) is 24.4 Å². The monoisotopic (exact) mass is 300 g/mol. The lowest BCUT2D eigenvalue weighted by atomic mass is 10.0. The normalized spacial score (nSPS) is 22.0. The summed E-state index contributed by atoms with van der Waals surface area (Å²) < 4.78 is 0. The van der Waals surface area contributed by atoms with Crippen molar-refractivity contribution in [2.24, 2.45) is 0 Å². The lowest BCUT2D eigenvalue weighted by molar-refractivity contribution is -0.132. The van der Waals surface area contributed by atoms with Crippen molar-refractivity contribution in [1.29, 1.82) is 0 Å². The van der Waals surface area contributed by atoms with Crippen LogP contribution >= 0.6 is 0 Å². The van der Waals surface area contributed by atoms with E-state index in [2.05, 4.69) is 0 Å². The molecule has 2 fully saturated rings. The summed E-state index contributed by atoms with van der Waals surface area (Å²) in [6.45, 7) is 3.18. The van der Waals surface area contributed by atoms with Crippen LogP contribution in [0.25, 0.3) is 6.08 Å². The first-order valence-corrected chi connectivity index (χ1v) is 7.66. The molecule has 2 aliphatic rings. The molecule has 2 saturated heterocycles. The molecule has 0 unspecified atom stereocenters. The number of benzene rings is 1. The van der Waals surface area contributed by atoms with Crippen molar-refractivity contribution in [3.05, 3.63) is 35.4 Å². The molecule has 0 saturated carbocycles. The van der Waals surface area contributed by atoms with Crippen molar-refractivity contribution < 1.29 is 14.7 Å². The predicted octanol–water partition coefficient (Wildman–Crippen LogP) is 2.97. The average Bonchev–Trinajstić information content (AvgIpc) is 2.85. The molecule has 2 aliphatic heterocycles. The zero-order valence-electron chi connectivity index (χ0n) is 12.7. The SMILES string of the molecule is C/C(=C\c1ccc(N2C[C@@H]3CCCCN3C2=O)cc1)C(=O)O. The second-order valence-electron chi connectivity index (χ2n) is 5.96. The lowest BCUT2D eigenvalue weighted by Crippen LogP contribution is -2.38. The predicted molar refractivity (Wildman–Crippen MR) is 84.8 cm³/mol. The number of urea groups is 1. The van der Waals surface area contributed by atoms with Crippen LogP contribution < -0.4 is 4.90 Å². The van der Waals surface area contributed by atoms with E-state index in [0.717, 1.165) is 37.2 Å². The summed E-state index contributed by atoms with van der Waals surface area (Å²) >= 11 is 0. The molecule has 1 N–H and O–H groups in total. The highest BCUT2D eigenvalue weighted by molar-refractivity contribution is 5.95. The lowest BCUT2D eigenvalue weighted by Gasteiger charge is -2.27. The van der Waals surface area contributed by atoms with Gasteiger partial charge in [0.25, 0.3) is 0 Å². The summed E-state index contributed by atoms with van der Waals surface area (Å²) in [6.07, 6.45) is 5.00. The first-order chi connectivity index (χ1) is 10.6. The molecule has 3 rings (SSSR count). The molecule has 1 atom stereocenters. The zero-order valence-corrected chi connectivity index (χ0v) is 12.7. The number of hydrogen-bond acceptors (Lipinski definition) is 2. The third-order valence-corrected chi connectivity index (χ3v) is 4.42. The molecule has 0 aliphatic carbocycles. The fourth-order valence-electron chi connectivity index (χ4n) is 3.16. The molecule has 0 spiro atoms. The minimum atomic E-state index is -0.921. The van der Waals surface area contributed by atoms with E-state index in [4.69, 9.17) is 5.11 Å². The standard InChI is InChI=1S/C17H20N2O3/c1-12(16(20)21)10-13-5-7-14(8-6-13)19-11-15-4-2-3-9-18(15)17(19)22/h5-8,10,15H,2-4,9,11H2,1H3,(H,20,21)/b12-10+/t15-/m0/s1. The Morgan fingerprint density at radius 2 is 2.00 bits per heavy atom. The molecule has 1 aromatic carbocycles. The Bertz CT molecular complexity index is 621. The van der Waals surface area contributed by atoms with Crippen molar-refractivity contribution in [2.75, 3.05) is 18.0 Å². The molecule has 5 nitrogen and oxygen atoms in total. The van der Waals surface area contributed by atoms with Crippen LogP contribution in [-0.4, -0.2) is 41.1 Å². The Morgan fingerprint density at radius 1 is 1.27 bits per heavy atom. The quantitative estimate of drug-likeness (QED) is 0.873. The van der Waals surface area contributed by atoms with Crippen LogP contribution in [0.15, 0.2) is 29.8 Å². The highest BCUT2D eigenvalue weighted by atomic mass is 16.4. The van der Waals surface area contributed by atoms with Gasteiger partial charge in [-0.15, -0.1) is 0 Å². The summed E-state index contributed by atoms with van der Waals surface area (Å²) in [4.78, 5) is 27.1. The second kappa shape index (κ2) is 5.83. The van der Waals surface area contributed by atoms with Crippen LogP contribution in [0.2, 0.25) is 0 Å². The number of rotatable bonds is 3. The molecule has 22 heavy (non-hydrogen) atoms. The number of carbonyl (C=O) groups excluding carboxylic acids is 1. The van der Waals surface area contributed by atoms with E-state index in [1.165, 1.54) is 6.42 Å². The number of carbonyl (C=O) groups is 2. The first-order valence-electron chi connectivity index (χ1n) is 7.66. The van der Waals surface area contributed by atoms with Gasteiger partial charge in [-0.3, -0.25) is 4.90 Å². The number of hydrogen-bond donors (Lipinski definition) is 1. The highest BCUT2D eigenvalue weighted by Crippen LogP contribution is 2.29. The van der Waals surface area contributed by atoms with Gasteiger partial charge in [-0.1, -0.05) is 12.1 Å². The number of piperidine rings is 1. The van der Waals surface area contributed by atoms with Crippen LogP contribution in [0.1, 0.15) is 31.7 Å². The maximum Gasteiger partial charge on any atom is 0.331 e. The molecule has 0 aromatic heterocycles. The first kappa shape index (κ1) is 14.6. The smallest absolute Gasteiger partial charge is 0.331 e. The maximum atomic E-state index is 12.5. The number of amides is 2. The molecule has 2 amide bonds. The van der Waals surface area contributed by atoms with Crippen molar-refractivity contribution in [2.45, 2.75) is 32.2 Å². The van der Waals surface area contributed by atoms with Crippen molar-refractivity contribution in [1.82, 2.24) is 4.90 Å². The fraction of sp³-hybridized carbons (Fsp3) is 0.412. The Balaban J connectivity index is 1.77. The minimum Gasteiger partial charge on any atom is -0.478 e. The number of nitrogens with zero attached hydrogens (tertiary/aromatic N) is 2. The van der Waals surface area contributed by atoms with Gasteiger partial charge in [0.1, 0.15) is 0 Å². The van der Waals surface area contributed by atoms with E-state index in [1.54, 1.807) is 13.0 Å². The molecule has 0 radical (unpaired) electrons. The van der Waals surface area contributed by atoms with Gasteiger partial charge < -0.3 is 10.0 Å². The van der Waals surface area contributed by atoms with Gasteiger partial charge in [-0.25, -0.2) is 9.59 Å². The molecule has 2 heterocycles. The average molecular weight is 300 g/mol. The van der Waals surface area contributed by atoms with Crippen LogP contribution in [0.4, 0.5) is 10.5 Å². The van der Waals surface area contributed by atoms with Crippen LogP contribution in [0.3, 0.4) is 0 Å². The fourth-order valence-corrected chi connectivity index (χ4v) is 3.16. The maximum absolute atomic E-state index is 12.5. The number of carboxylic acid groups (broad SMARTS) is 1. The van der Waals surface area contributed by atoms with Crippen molar-refractivity contribution in [3.8, 4) is 0 Å². The van der Waals surface area contributed by atoms with E-state index in [0.29, 0.717) is 11.6 Å². The van der Waals surface area contributed by atoms with Gasteiger partial charge in [0.15, 0.2) is 0 Å². The van der Waals surface area contributed by atoms with E-state index in [9.17, 15) is 9.59 Å². The number of carboxylic acids is 1. The summed E-state index contributed by atoms with van der Waals surface area (Å²) in [5.74, 6) is -0.921. The van der Waals surface area contributed by atoms with E-state index in [1.807, 2.05) is 34.1 Å². The van der Waals surface area contributed by atoms with E-state index < -0.39 is 5.97 Å². The summed E-state index contributed by atoms with van der Waals surface area (Å²) in [5.41, 5.74) is 2.00. The Labute approximate surface area is 129 Å². The van der Waals surface area contributed by atoms with Gasteiger partial charge in [0.2, 0.25) is 0 Å². The Hall–Kier alpha value is -2.30. The van der Waals surface area contributed by atoms with E-state index in [-0.39, 0.29) is 6.03 Å². The topological polar surface area (TPSA) is 60.9 Å². The number of fused-ring (bicyclic) bond motifs is 1. The molecule has 116 valence electrons. The zero-order chi connectivity index (χ0) is 15.7. The number of aliphatic carboxylic acids is 1. The molecular formula is C17H20N2O3. The second-order valence-corrected chi connectivity index (χ2v) is 5.96. The van der Waals surface area contributed by atoms with Crippen molar-refractivity contribution >= 4 is 23.8 Å². The number of anilines is 1. The molecule has 0 bridgehead atoms. The van der Waals surface area contributed by atoms with Crippen LogP contribution in [-0.2, 0) is 4.79 Å². The highest BCUT2D eigenvalue weighted by Gasteiger charge is 2.38. The van der Waals surface area contributed by atoms with Gasteiger partial charge >= 0.3 is 12.0 Å². The summed E-state index contributed by atoms with van der Waals surface area (Å²) in [6, 6.07) is 7.91. The molecular weight excluding hydrogens is 280 g/mol. The third kappa shape index (κ3) is 2.71. The van der Waals surface area contributed by atoms with Gasteiger partial charge in [0.05, 0.1) is 6.04 Å². The third-order valence-electron chi connectivity index (χ3n) is 4.42. The summed E-state index contributed by atoms with van der Waals surface area (Å²) in [7, 11) is 0. The van der Waals surface area contributed by atoms with Crippen LogP contribution in [0, 0.1) is 0 Å². The molecule has 1 aromatic rings. The largest absolute Gasteiger partial charge is 0.478 e. The van der Waals surface area contributed by atoms with Gasteiger partial charge in [-0.2, -0.15) is 0 Å². The Kier molecular flexibility index (Phi) is 3.88. The molecule has 5 heteroatoms. The van der Waals surface area contributed by atoms with Crippen LogP contribution in [0.5, 0.6) is 0 Å². The Morgan fingerprint density at radius 3 is 2.64 bits per heavy atom. The summed E-state index contributed by atoms with van der Waals surface area (Å²) in [5, 5.41) is 8.90. The minimum absolute atomic E-state index is 0.0923. The van der Waals surface area contributed by atoms with E-state index >= 15 is 0 Å².